The maximum Gasteiger partial charge on any atom is 0.308 e. The van der Waals surface area contributed by atoms with Crippen molar-refractivity contribution >= 4 is 11.6 Å². The average molecular weight is 372 g/mol. The van der Waals surface area contributed by atoms with Crippen LogP contribution in [0.3, 0.4) is 0 Å². The highest BCUT2D eigenvalue weighted by atomic mass is 19.2. The number of nitro benzene ring substituents is 1. The SMILES string of the molecule is O=C(NCCCOc1ccc(F)cc1)c1cc([N+](=O)[O-])c(F)c(F)c1F. The van der Waals surface area contributed by atoms with Crippen molar-refractivity contribution in [1.82, 2.24) is 5.32 Å². The number of carbonyl (C=O) groups is 1. The first-order chi connectivity index (χ1) is 12.3. The number of nitrogens with one attached hydrogen (secondary N) is 1. The van der Waals surface area contributed by atoms with Crippen LogP contribution in [0.1, 0.15) is 16.8 Å². The first-order valence-corrected chi connectivity index (χ1v) is 7.29. The van der Waals surface area contributed by atoms with E-state index in [4.69, 9.17) is 4.74 Å². The Labute approximate surface area is 144 Å². The first-order valence-electron chi connectivity index (χ1n) is 7.29. The van der Waals surface area contributed by atoms with Crippen molar-refractivity contribution in [1.29, 1.82) is 0 Å². The van der Waals surface area contributed by atoms with Gasteiger partial charge in [0.05, 0.1) is 17.1 Å². The Morgan fingerprint density at radius 3 is 2.35 bits per heavy atom. The summed E-state index contributed by atoms with van der Waals surface area (Å²) in [4.78, 5) is 21.2. The first kappa shape index (κ1) is 19.2. The second-order valence-corrected chi connectivity index (χ2v) is 5.05. The Balaban J connectivity index is 1.91. The maximum absolute atomic E-state index is 13.6. The quantitative estimate of drug-likeness (QED) is 0.266. The lowest BCUT2D eigenvalue weighted by molar-refractivity contribution is -0.387. The molecule has 0 saturated heterocycles. The molecule has 0 saturated carbocycles. The van der Waals surface area contributed by atoms with Gasteiger partial charge in [-0.05, 0) is 30.7 Å². The van der Waals surface area contributed by atoms with Crippen LogP contribution in [0.4, 0.5) is 23.2 Å². The Bertz CT molecular complexity index is 828. The van der Waals surface area contributed by atoms with Gasteiger partial charge in [0.2, 0.25) is 11.6 Å². The lowest BCUT2D eigenvalue weighted by atomic mass is 10.1. The van der Waals surface area contributed by atoms with Crippen LogP contribution in [0.2, 0.25) is 0 Å². The zero-order chi connectivity index (χ0) is 19.3. The minimum atomic E-state index is -2.09. The van der Waals surface area contributed by atoms with Crippen molar-refractivity contribution in [2.45, 2.75) is 6.42 Å². The van der Waals surface area contributed by atoms with Gasteiger partial charge in [-0.15, -0.1) is 0 Å². The van der Waals surface area contributed by atoms with Crippen molar-refractivity contribution in [2.24, 2.45) is 0 Å². The largest absolute Gasteiger partial charge is 0.494 e. The highest BCUT2D eigenvalue weighted by molar-refractivity contribution is 5.95. The third-order valence-corrected chi connectivity index (χ3v) is 3.26. The van der Waals surface area contributed by atoms with Gasteiger partial charge in [-0.2, -0.15) is 4.39 Å². The van der Waals surface area contributed by atoms with Gasteiger partial charge < -0.3 is 10.1 Å². The fourth-order valence-electron chi connectivity index (χ4n) is 1.98. The molecular formula is C16H12F4N2O4. The van der Waals surface area contributed by atoms with Gasteiger partial charge in [0, 0.05) is 12.6 Å². The summed E-state index contributed by atoms with van der Waals surface area (Å²) < 4.78 is 58.2. The molecule has 0 aliphatic heterocycles. The zero-order valence-electron chi connectivity index (χ0n) is 13.1. The number of nitro groups is 1. The van der Waals surface area contributed by atoms with Crippen LogP contribution in [0.15, 0.2) is 30.3 Å². The second-order valence-electron chi connectivity index (χ2n) is 5.05. The normalized spacial score (nSPS) is 10.5. The minimum absolute atomic E-state index is 0.0216. The average Bonchev–Trinajstić information content (AvgIpc) is 2.60. The molecular weight excluding hydrogens is 360 g/mol. The van der Waals surface area contributed by atoms with E-state index in [9.17, 15) is 32.5 Å². The molecule has 0 aliphatic carbocycles. The van der Waals surface area contributed by atoms with E-state index in [1.807, 2.05) is 0 Å². The Kier molecular flexibility index (Phi) is 6.10. The number of amides is 1. The summed E-state index contributed by atoms with van der Waals surface area (Å²) in [6.07, 6.45) is 0.260. The number of halogens is 4. The minimum Gasteiger partial charge on any atom is -0.494 e. The molecule has 10 heteroatoms. The lowest BCUT2D eigenvalue weighted by Crippen LogP contribution is -2.27. The maximum atomic E-state index is 13.6. The van der Waals surface area contributed by atoms with Crippen molar-refractivity contribution in [3.63, 3.8) is 0 Å². The third kappa shape index (κ3) is 4.47. The van der Waals surface area contributed by atoms with Gasteiger partial charge in [0.1, 0.15) is 11.6 Å². The molecule has 26 heavy (non-hydrogen) atoms. The number of hydrogen-bond acceptors (Lipinski definition) is 4. The number of carbonyl (C=O) groups excluding carboxylic acids is 1. The van der Waals surface area contributed by atoms with Gasteiger partial charge in [0.25, 0.3) is 5.91 Å². The van der Waals surface area contributed by atoms with Crippen molar-refractivity contribution in [2.75, 3.05) is 13.2 Å². The van der Waals surface area contributed by atoms with Crippen LogP contribution >= 0.6 is 0 Å². The van der Waals surface area contributed by atoms with E-state index in [0.29, 0.717) is 11.8 Å². The topological polar surface area (TPSA) is 81.5 Å². The van der Waals surface area contributed by atoms with Crippen LogP contribution in [0.5, 0.6) is 5.75 Å². The number of nitrogens with zero attached hydrogens (tertiary/aromatic N) is 1. The standard InChI is InChI=1S/C16H12F4N2O4/c17-9-2-4-10(5-3-9)26-7-1-6-21-16(23)11-8-12(22(24)25)14(19)15(20)13(11)18/h2-5,8H,1,6-7H2,(H,21,23). The van der Waals surface area contributed by atoms with E-state index < -0.39 is 45.4 Å². The van der Waals surface area contributed by atoms with Gasteiger partial charge in [0.15, 0.2) is 5.82 Å². The number of benzene rings is 2. The van der Waals surface area contributed by atoms with E-state index in [1.165, 1.54) is 24.3 Å². The molecule has 0 fully saturated rings. The van der Waals surface area contributed by atoms with Gasteiger partial charge in [-0.25, -0.2) is 13.2 Å². The lowest BCUT2D eigenvalue weighted by Gasteiger charge is -2.08. The molecule has 0 heterocycles. The van der Waals surface area contributed by atoms with E-state index in [2.05, 4.69) is 5.32 Å². The Morgan fingerprint density at radius 1 is 1.08 bits per heavy atom. The predicted molar refractivity (Wildman–Crippen MR) is 81.8 cm³/mol. The van der Waals surface area contributed by atoms with E-state index >= 15 is 0 Å². The predicted octanol–water partition coefficient (Wildman–Crippen LogP) is 3.35. The highest BCUT2D eigenvalue weighted by Crippen LogP contribution is 2.25. The van der Waals surface area contributed by atoms with Crippen LogP contribution in [0, 0.1) is 33.4 Å². The molecule has 0 atom stereocenters. The molecule has 2 aromatic rings. The molecule has 138 valence electrons. The fourth-order valence-corrected chi connectivity index (χ4v) is 1.98. The summed E-state index contributed by atoms with van der Waals surface area (Å²) in [5.74, 6) is -7.03. The summed E-state index contributed by atoms with van der Waals surface area (Å²) in [5.41, 5.74) is -2.32. The fraction of sp³-hybridized carbons (Fsp3) is 0.188. The molecule has 1 amide bonds. The van der Waals surface area contributed by atoms with E-state index in [0.717, 1.165) is 0 Å². The summed E-state index contributed by atoms with van der Waals surface area (Å²) in [5, 5.41) is 12.8. The highest BCUT2D eigenvalue weighted by Gasteiger charge is 2.28. The summed E-state index contributed by atoms with van der Waals surface area (Å²) >= 11 is 0. The molecule has 0 unspecified atom stereocenters. The van der Waals surface area contributed by atoms with Crippen molar-refractivity contribution in [3.8, 4) is 5.75 Å². The van der Waals surface area contributed by atoms with E-state index in [-0.39, 0.29) is 19.6 Å². The molecule has 0 spiro atoms. The molecule has 1 N–H and O–H groups in total. The molecule has 6 nitrogen and oxygen atoms in total. The van der Waals surface area contributed by atoms with Gasteiger partial charge in [-0.3, -0.25) is 14.9 Å². The monoisotopic (exact) mass is 372 g/mol. The molecule has 2 aromatic carbocycles. The number of hydrogen-bond donors (Lipinski definition) is 1. The third-order valence-electron chi connectivity index (χ3n) is 3.26. The van der Waals surface area contributed by atoms with Crippen molar-refractivity contribution in [3.05, 3.63) is 69.3 Å². The van der Waals surface area contributed by atoms with Gasteiger partial charge in [-0.1, -0.05) is 0 Å². The van der Waals surface area contributed by atoms with Crippen LogP contribution in [-0.2, 0) is 0 Å². The number of ether oxygens (including phenoxy) is 1. The molecule has 0 aromatic heterocycles. The molecule has 0 radical (unpaired) electrons. The molecule has 2 rings (SSSR count). The summed E-state index contributed by atoms with van der Waals surface area (Å²) in [7, 11) is 0. The van der Waals surface area contributed by atoms with Crippen LogP contribution in [0.25, 0.3) is 0 Å². The molecule has 0 aliphatic rings. The Hall–Kier alpha value is -3.17. The number of rotatable bonds is 7. The smallest absolute Gasteiger partial charge is 0.308 e. The molecule has 0 bridgehead atoms. The van der Waals surface area contributed by atoms with Crippen LogP contribution < -0.4 is 10.1 Å². The van der Waals surface area contributed by atoms with Crippen molar-refractivity contribution < 1.29 is 32.0 Å². The van der Waals surface area contributed by atoms with Gasteiger partial charge >= 0.3 is 5.69 Å². The van der Waals surface area contributed by atoms with E-state index in [1.54, 1.807) is 0 Å². The second kappa shape index (κ2) is 8.28. The van der Waals surface area contributed by atoms with Crippen LogP contribution in [-0.4, -0.2) is 24.0 Å². The summed E-state index contributed by atoms with van der Waals surface area (Å²) in [6.45, 7) is 0.110. The zero-order valence-corrected chi connectivity index (χ0v) is 13.1. The summed E-state index contributed by atoms with van der Waals surface area (Å²) in [6, 6.07) is 5.55. The Morgan fingerprint density at radius 2 is 1.73 bits per heavy atom.